The molecule has 0 radical (unpaired) electrons. The molecule has 9 nitrogen and oxygen atoms in total. The van der Waals surface area contributed by atoms with Gasteiger partial charge in [-0.2, -0.15) is 10.2 Å². The van der Waals surface area contributed by atoms with Crippen molar-refractivity contribution in [3.8, 4) is 0 Å². The Morgan fingerprint density at radius 2 is 1.76 bits per heavy atom. The molecule has 41 heavy (non-hydrogen) atoms. The molecule has 0 spiro atoms. The normalized spacial score (nSPS) is 19.3. The van der Waals surface area contributed by atoms with E-state index in [4.69, 9.17) is 4.98 Å². The smallest absolute Gasteiger partial charge is 0.270 e. The van der Waals surface area contributed by atoms with Gasteiger partial charge >= 0.3 is 0 Å². The molecule has 0 unspecified atom stereocenters. The predicted molar refractivity (Wildman–Crippen MR) is 142 cm³/mol. The zero-order valence-corrected chi connectivity index (χ0v) is 23.3. The van der Waals surface area contributed by atoms with E-state index in [1.807, 2.05) is 13.8 Å². The van der Waals surface area contributed by atoms with E-state index in [0.29, 0.717) is 29.5 Å². The SMILES string of the molecule is CC(C)n1nccc1C(=O)N[C@H](c1cn2ncc([C@H](NC(=O)CC(C)(F)F)C3CC3)cc2n1)C1CCC(F)(F)CC1. The van der Waals surface area contributed by atoms with E-state index in [1.54, 1.807) is 29.2 Å². The number of alkyl halides is 4. The zero-order valence-electron chi connectivity index (χ0n) is 23.3. The number of nitrogens with zero attached hydrogens (tertiary/aromatic N) is 5. The summed E-state index contributed by atoms with van der Waals surface area (Å²) in [5, 5.41) is 14.4. The molecular weight excluding hydrogens is 542 g/mol. The maximum atomic E-state index is 14.0. The minimum Gasteiger partial charge on any atom is -0.349 e. The number of aromatic nitrogens is 5. The molecule has 2 aliphatic rings. The number of fused-ring (bicyclic) bond motifs is 1. The Bertz CT molecular complexity index is 1400. The van der Waals surface area contributed by atoms with E-state index in [1.165, 1.54) is 10.7 Å². The second kappa shape index (κ2) is 11.1. The van der Waals surface area contributed by atoms with Crippen molar-refractivity contribution in [3.05, 3.63) is 47.7 Å². The Kier molecular flexibility index (Phi) is 7.82. The van der Waals surface area contributed by atoms with E-state index in [2.05, 4.69) is 20.8 Å². The monoisotopic (exact) mass is 577 g/mol. The van der Waals surface area contributed by atoms with Gasteiger partial charge in [0, 0.05) is 25.1 Å². The molecule has 2 fully saturated rings. The van der Waals surface area contributed by atoms with E-state index >= 15 is 0 Å². The summed E-state index contributed by atoms with van der Waals surface area (Å²) in [5.41, 5.74) is 1.91. The molecule has 0 aromatic carbocycles. The van der Waals surface area contributed by atoms with Crippen LogP contribution in [0.15, 0.2) is 30.7 Å². The van der Waals surface area contributed by atoms with Crippen molar-refractivity contribution in [3.63, 3.8) is 0 Å². The lowest BCUT2D eigenvalue weighted by Crippen LogP contribution is -2.38. The Labute approximate surface area is 235 Å². The van der Waals surface area contributed by atoms with Gasteiger partial charge in [-0.05, 0) is 76.0 Å². The average molecular weight is 578 g/mol. The first-order chi connectivity index (χ1) is 19.3. The van der Waals surface area contributed by atoms with E-state index in [0.717, 1.165) is 12.8 Å². The molecule has 3 heterocycles. The van der Waals surface area contributed by atoms with Gasteiger partial charge in [0.2, 0.25) is 11.8 Å². The molecule has 2 N–H and O–H groups in total. The third-order valence-electron chi connectivity index (χ3n) is 7.83. The Morgan fingerprint density at radius 1 is 1.07 bits per heavy atom. The first kappa shape index (κ1) is 29.0. The van der Waals surface area contributed by atoms with Crippen LogP contribution in [-0.2, 0) is 4.79 Å². The maximum absolute atomic E-state index is 14.0. The van der Waals surface area contributed by atoms with E-state index < -0.39 is 36.3 Å². The van der Waals surface area contributed by atoms with Gasteiger partial charge in [0.1, 0.15) is 5.69 Å². The van der Waals surface area contributed by atoms with Crippen LogP contribution in [0.4, 0.5) is 17.6 Å². The molecular formula is C28H35F4N7O2. The second-order valence-corrected chi connectivity index (χ2v) is 11.8. The molecule has 2 saturated carbocycles. The van der Waals surface area contributed by atoms with Crippen LogP contribution in [0.2, 0.25) is 0 Å². The van der Waals surface area contributed by atoms with Gasteiger partial charge < -0.3 is 10.6 Å². The summed E-state index contributed by atoms with van der Waals surface area (Å²) < 4.78 is 58.0. The first-order valence-electron chi connectivity index (χ1n) is 14.0. The summed E-state index contributed by atoms with van der Waals surface area (Å²) in [5.74, 6) is -7.13. The van der Waals surface area contributed by atoms with Gasteiger partial charge in [0.15, 0.2) is 5.65 Å². The molecule has 2 atom stereocenters. The van der Waals surface area contributed by atoms with Gasteiger partial charge in [-0.1, -0.05) is 0 Å². The number of halogens is 4. The molecule has 5 rings (SSSR count). The molecule has 13 heteroatoms. The fourth-order valence-electron chi connectivity index (χ4n) is 5.59. The average Bonchev–Trinajstić information content (AvgIpc) is 3.43. The van der Waals surface area contributed by atoms with Crippen LogP contribution in [0.1, 0.15) is 106 Å². The van der Waals surface area contributed by atoms with Gasteiger partial charge in [0.05, 0.1) is 36.6 Å². The zero-order chi connectivity index (χ0) is 29.5. The number of carbonyl (C=O) groups excluding carboxylic acids is 2. The van der Waals surface area contributed by atoms with E-state index in [-0.39, 0.29) is 49.5 Å². The highest BCUT2D eigenvalue weighted by Gasteiger charge is 2.40. The Hall–Kier alpha value is -3.51. The number of imidazole rings is 1. The van der Waals surface area contributed by atoms with Crippen LogP contribution in [0.25, 0.3) is 5.65 Å². The van der Waals surface area contributed by atoms with Crippen molar-refractivity contribution in [2.75, 3.05) is 0 Å². The fraction of sp³-hybridized carbons (Fsp3) is 0.607. The summed E-state index contributed by atoms with van der Waals surface area (Å²) in [7, 11) is 0. The van der Waals surface area contributed by atoms with Crippen molar-refractivity contribution in [1.29, 1.82) is 0 Å². The third-order valence-corrected chi connectivity index (χ3v) is 7.83. The maximum Gasteiger partial charge on any atom is 0.270 e. The van der Waals surface area contributed by atoms with Gasteiger partial charge in [-0.15, -0.1) is 0 Å². The number of carbonyl (C=O) groups is 2. The van der Waals surface area contributed by atoms with Gasteiger partial charge in [-0.25, -0.2) is 27.1 Å². The molecule has 0 saturated heterocycles. The van der Waals surface area contributed by atoms with Crippen molar-refractivity contribution in [2.24, 2.45) is 11.8 Å². The van der Waals surface area contributed by atoms with Crippen molar-refractivity contribution < 1.29 is 27.2 Å². The fourth-order valence-corrected chi connectivity index (χ4v) is 5.59. The van der Waals surface area contributed by atoms with Crippen LogP contribution >= 0.6 is 0 Å². The number of hydrogen-bond donors (Lipinski definition) is 2. The molecule has 2 amide bonds. The highest BCUT2D eigenvalue weighted by Crippen LogP contribution is 2.43. The lowest BCUT2D eigenvalue weighted by atomic mass is 9.81. The lowest BCUT2D eigenvalue weighted by molar-refractivity contribution is -0.128. The summed E-state index contributed by atoms with van der Waals surface area (Å²) in [6.45, 7) is 4.51. The molecule has 222 valence electrons. The lowest BCUT2D eigenvalue weighted by Gasteiger charge is -2.33. The molecule has 3 aromatic heterocycles. The van der Waals surface area contributed by atoms with Crippen LogP contribution in [0, 0.1) is 11.8 Å². The molecule has 0 bridgehead atoms. The van der Waals surface area contributed by atoms with E-state index in [9.17, 15) is 27.2 Å². The number of amides is 2. The summed E-state index contributed by atoms with van der Waals surface area (Å²) in [6, 6.07) is 2.17. The van der Waals surface area contributed by atoms with Crippen LogP contribution in [0.5, 0.6) is 0 Å². The third kappa shape index (κ3) is 6.87. The Balaban J connectivity index is 1.43. The van der Waals surface area contributed by atoms with Crippen molar-refractivity contribution >= 4 is 17.5 Å². The minimum atomic E-state index is -3.12. The van der Waals surface area contributed by atoms with Crippen molar-refractivity contribution in [1.82, 2.24) is 35.0 Å². The summed E-state index contributed by atoms with van der Waals surface area (Å²) in [6.07, 6.45) is 5.46. The van der Waals surface area contributed by atoms with Crippen LogP contribution in [-0.4, -0.2) is 48.0 Å². The minimum absolute atomic E-state index is 0.0566. The Morgan fingerprint density at radius 3 is 2.39 bits per heavy atom. The molecule has 0 aliphatic heterocycles. The van der Waals surface area contributed by atoms with Crippen molar-refractivity contribution in [2.45, 2.75) is 95.7 Å². The number of hydrogen-bond acceptors (Lipinski definition) is 5. The topological polar surface area (TPSA) is 106 Å². The number of nitrogens with one attached hydrogen (secondary N) is 2. The predicted octanol–water partition coefficient (Wildman–Crippen LogP) is 5.42. The van der Waals surface area contributed by atoms with Crippen LogP contribution < -0.4 is 10.6 Å². The first-order valence-corrected chi connectivity index (χ1v) is 14.0. The molecule has 3 aromatic rings. The molecule has 2 aliphatic carbocycles. The summed E-state index contributed by atoms with van der Waals surface area (Å²) in [4.78, 5) is 30.4. The second-order valence-electron chi connectivity index (χ2n) is 11.8. The van der Waals surface area contributed by atoms with Gasteiger partial charge in [0.25, 0.3) is 11.8 Å². The summed E-state index contributed by atoms with van der Waals surface area (Å²) >= 11 is 0. The number of rotatable bonds is 10. The standard InChI is InChI=1S/C28H35F4N7O2/c1-16(2)39-21(8-11-33-39)26(41)37-25(18-6-9-28(31,32)10-7-18)20-15-38-22(35-20)12-19(14-34-38)24(17-4-5-17)36-23(40)13-27(3,29)30/h8,11-12,14-18,24-25H,4-7,9-10,13H2,1-3H3,(H,36,40)(H,37,41)/t24-,25+/m1/s1. The largest absolute Gasteiger partial charge is 0.349 e. The van der Waals surface area contributed by atoms with Crippen LogP contribution in [0.3, 0.4) is 0 Å². The highest BCUT2D eigenvalue weighted by molar-refractivity contribution is 5.92. The quantitative estimate of drug-likeness (QED) is 0.313. The van der Waals surface area contributed by atoms with Gasteiger partial charge in [-0.3, -0.25) is 14.3 Å². The highest BCUT2D eigenvalue weighted by atomic mass is 19.3.